The van der Waals surface area contributed by atoms with Gasteiger partial charge in [0.2, 0.25) is 5.91 Å². The lowest BCUT2D eigenvalue weighted by molar-refractivity contribution is -0.124. The Morgan fingerprint density at radius 3 is 2.44 bits per heavy atom. The lowest BCUT2D eigenvalue weighted by Crippen LogP contribution is -2.50. The van der Waals surface area contributed by atoms with Gasteiger partial charge in [-0.3, -0.25) is 9.59 Å². The largest absolute Gasteiger partial charge is 0.492 e. The van der Waals surface area contributed by atoms with E-state index in [0.29, 0.717) is 11.3 Å². The van der Waals surface area contributed by atoms with Crippen LogP contribution in [0.25, 0.3) is 0 Å². The van der Waals surface area contributed by atoms with Crippen molar-refractivity contribution in [2.75, 3.05) is 13.2 Å². The fourth-order valence-electron chi connectivity index (χ4n) is 2.53. The van der Waals surface area contributed by atoms with E-state index in [1.807, 2.05) is 32.9 Å². The fraction of sp³-hybridized carbons (Fsp3) is 0.333. The Kier molecular flexibility index (Phi) is 7.34. The van der Waals surface area contributed by atoms with Crippen molar-refractivity contribution in [2.24, 2.45) is 5.92 Å². The van der Waals surface area contributed by atoms with Crippen LogP contribution in [-0.2, 0) is 4.79 Å². The molecule has 1 atom stereocenters. The molecule has 6 heteroatoms. The van der Waals surface area contributed by atoms with E-state index in [1.165, 1.54) is 24.3 Å². The van der Waals surface area contributed by atoms with Crippen molar-refractivity contribution in [1.82, 2.24) is 10.6 Å². The molecule has 144 valence electrons. The van der Waals surface area contributed by atoms with Crippen molar-refractivity contribution in [3.05, 3.63) is 65.5 Å². The number of ether oxygens (including phenoxy) is 1. The highest BCUT2D eigenvalue weighted by molar-refractivity contribution is 5.97. The number of aryl methyl sites for hydroxylation is 1. The lowest BCUT2D eigenvalue weighted by atomic mass is 10.0. The Labute approximate surface area is 158 Å². The van der Waals surface area contributed by atoms with Gasteiger partial charge in [-0.1, -0.05) is 31.5 Å². The normalized spacial score (nSPS) is 11.7. The van der Waals surface area contributed by atoms with Crippen LogP contribution < -0.4 is 15.4 Å². The van der Waals surface area contributed by atoms with Crippen LogP contribution in [0.3, 0.4) is 0 Å². The first-order valence-corrected chi connectivity index (χ1v) is 8.90. The van der Waals surface area contributed by atoms with Crippen molar-refractivity contribution >= 4 is 11.8 Å². The van der Waals surface area contributed by atoms with Gasteiger partial charge in [-0.05, 0) is 49.2 Å². The molecule has 2 aromatic rings. The van der Waals surface area contributed by atoms with Crippen LogP contribution in [-0.4, -0.2) is 31.0 Å². The van der Waals surface area contributed by atoms with Crippen molar-refractivity contribution in [3.8, 4) is 5.75 Å². The highest BCUT2D eigenvalue weighted by Crippen LogP contribution is 2.11. The second kappa shape index (κ2) is 9.71. The van der Waals surface area contributed by atoms with Gasteiger partial charge >= 0.3 is 0 Å². The number of halogens is 1. The number of carbonyl (C=O) groups excluding carboxylic acids is 2. The number of rotatable bonds is 8. The summed E-state index contributed by atoms with van der Waals surface area (Å²) in [6.07, 6.45) is 0. The van der Waals surface area contributed by atoms with Crippen LogP contribution in [0.2, 0.25) is 0 Å². The van der Waals surface area contributed by atoms with E-state index in [4.69, 9.17) is 4.74 Å². The molecule has 0 aliphatic heterocycles. The maximum absolute atomic E-state index is 12.8. The standard InChI is InChI=1S/C21H25FN2O3/c1-14(2)19(24-20(25)16-6-4-5-15(3)13-16)21(26)23-11-12-27-18-9-7-17(22)8-10-18/h4-10,13-14,19H,11-12H2,1-3H3,(H,23,26)(H,24,25). The SMILES string of the molecule is Cc1cccc(C(=O)NC(C(=O)NCCOc2ccc(F)cc2)C(C)C)c1. The molecule has 0 aliphatic rings. The van der Waals surface area contributed by atoms with Crippen molar-refractivity contribution in [2.45, 2.75) is 26.8 Å². The summed E-state index contributed by atoms with van der Waals surface area (Å²) in [6, 6.07) is 12.2. The van der Waals surface area contributed by atoms with Crippen molar-refractivity contribution < 1.29 is 18.7 Å². The van der Waals surface area contributed by atoms with Gasteiger partial charge in [-0.15, -0.1) is 0 Å². The zero-order valence-electron chi connectivity index (χ0n) is 15.8. The minimum absolute atomic E-state index is 0.0724. The summed E-state index contributed by atoms with van der Waals surface area (Å²) in [5, 5.41) is 5.55. The number of amides is 2. The van der Waals surface area contributed by atoms with E-state index in [9.17, 15) is 14.0 Å². The lowest BCUT2D eigenvalue weighted by Gasteiger charge is -2.22. The van der Waals surface area contributed by atoms with Crippen LogP contribution >= 0.6 is 0 Å². The number of carbonyl (C=O) groups is 2. The van der Waals surface area contributed by atoms with Gasteiger partial charge in [0.25, 0.3) is 5.91 Å². The maximum Gasteiger partial charge on any atom is 0.251 e. The molecule has 0 bridgehead atoms. The molecule has 0 heterocycles. The Morgan fingerprint density at radius 1 is 1.11 bits per heavy atom. The smallest absolute Gasteiger partial charge is 0.251 e. The molecular formula is C21H25FN2O3. The molecule has 0 saturated heterocycles. The van der Waals surface area contributed by atoms with Gasteiger partial charge in [-0.2, -0.15) is 0 Å². The summed E-state index contributed by atoms with van der Waals surface area (Å²) >= 11 is 0. The van der Waals surface area contributed by atoms with E-state index in [-0.39, 0.29) is 36.7 Å². The molecule has 0 radical (unpaired) electrons. The predicted molar refractivity (Wildman–Crippen MR) is 102 cm³/mol. The summed E-state index contributed by atoms with van der Waals surface area (Å²) in [4.78, 5) is 24.9. The Balaban J connectivity index is 1.85. The molecule has 0 saturated carbocycles. The van der Waals surface area contributed by atoms with Crippen LogP contribution in [0.4, 0.5) is 4.39 Å². The average molecular weight is 372 g/mol. The van der Waals surface area contributed by atoms with E-state index in [0.717, 1.165) is 5.56 Å². The molecule has 0 aliphatic carbocycles. The number of hydrogen-bond donors (Lipinski definition) is 2. The Hall–Kier alpha value is -2.89. The third kappa shape index (κ3) is 6.40. The van der Waals surface area contributed by atoms with Crippen molar-refractivity contribution in [3.63, 3.8) is 0 Å². The van der Waals surface area contributed by atoms with Crippen LogP contribution in [0.15, 0.2) is 48.5 Å². The summed E-state index contributed by atoms with van der Waals surface area (Å²) in [5.41, 5.74) is 1.50. The van der Waals surface area contributed by atoms with E-state index in [2.05, 4.69) is 10.6 Å². The molecule has 2 rings (SSSR count). The molecule has 0 aromatic heterocycles. The summed E-state index contributed by atoms with van der Waals surface area (Å²) in [6.45, 7) is 6.17. The molecule has 2 amide bonds. The quantitative estimate of drug-likeness (QED) is 0.700. The maximum atomic E-state index is 12.8. The molecular weight excluding hydrogens is 347 g/mol. The molecule has 2 N–H and O–H groups in total. The molecule has 0 fully saturated rings. The number of nitrogens with one attached hydrogen (secondary N) is 2. The number of hydrogen-bond acceptors (Lipinski definition) is 3. The summed E-state index contributed by atoms with van der Waals surface area (Å²) in [5.74, 6) is -0.431. The van der Waals surface area contributed by atoms with Crippen LogP contribution in [0.5, 0.6) is 5.75 Å². The topological polar surface area (TPSA) is 67.4 Å². The van der Waals surface area contributed by atoms with E-state index in [1.54, 1.807) is 12.1 Å². The zero-order chi connectivity index (χ0) is 19.8. The van der Waals surface area contributed by atoms with Crippen molar-refractivity contribution in [1.29, 1.82) is 0 Å². The average Bonchev–Trinajstić information content (AvgIpc) is 2.64. The van der Waals surface area contributed by atoms with Gasteiger partial charge in [0, 0.05) is 5.56 Å². The third-order valence-electron chi connectivity index (χ3n) is 4.00. The number of benzene rings is 2. The molecule has 1 unspecified atom stereocenters. The van der Waals surface area contributed by atoms with E-state index < -0.39 is 6.04 Å². The highest BCUT2D eigenvalue weighted by atomic mass is 19.1. The van der Waals surface area contributed by atoms with Gasteiger partial charge in [0.05, 0.1) is 6.54 Å². The Bertz CT molecular complexity index is 775. The minimum atomic E-state index is -0.649. The molecule has 5 nitrogen and oxygen atoms in total. The third-order valence-corrected chi connectivity index (χ3v) is 4.00. The van der Waals surface area contributed by atoms with Crippen LogP contribution in [0, 0.1) is 18.7 Å². The Morgan fingerprint density at radius 2 is 1.81 bits per heavy atom. The first kappa shape index (κ1) is 20.4. The molecule has 27 heavy (non-hydrogen) atoms. The minimum Gasteiger partial charge on any atom is -0.492 e. The molecule has 0 spiro atoms. The second-order valence-electron chi connectivity index (χ2n) is 6.66. The summed E-state index contributed by atoms with van der Waals surface area (Å²) < 4.78 is 18.3. The van der Waals surface area contributed by atoms with Gasteiger partial charge < -0.3 is 15.4 Å². The predicted octanol–water partition coefficient (Wildman–Crippen LogP) is 3.08. The monoisotopic (exact) mass is 372 g/mol. The van der Waals surface area contributed by atoms with Crippen LogP contribution in [0.1, 0.15) is 29.8 Å². The molecule has 2 aromatic carbocycles. The summed E-state index contributed by atoms with van der Waals surface area (Å²) in [7, 11) is 0. The van der Waals surface area contributed by atoms with Gasteiger partial charge in [0.15, 0.2) is 0 Å². The highest BCUT2D eigenvalue weighted by Gasteiger charge is 2.24. The van der Waals surface area contributed by atoms with Gasteiger partial charge in [0.1, 0.15) is 24.2 Å². The second-order valence-corrected chi connectivity index (χ2v) is 6.66. The fourth-order valence-corrected chi connectivity index (χ4v) is 2.53. The first-order chi connectivity index (χ1) is 12.9. The first-order valence-electron chi connectivity index (χ1n) is 8.90. The zero-order valence-corrected chi connectivity index (χ0v) is 15.8. The van der Waals surface area contributed by atoms with E-state index >= 15 is 0 Å². The van der Waals surface area contributed by atoms with Gasteiger partial charge in [-0.25, -0.2) is 4.39 Å².